The number of para-hydroxylation sites is 1. The van der Waals surface area contributed by atoms with E-state index in [9.17, 15) is 18.4 Å². The van der Waals surface area contributed by atoms with Crippen molar-refractivity contribution in [2.75, 3.05) is 24.5 Å². The molecule has 9 nitrogen and oxygen atoms in total. The van der Waals surface area contributed by atoms with E-state index in [2.05, 4.69) is 30.5 Å². The van der Waals surface area contributed by atoms with Crippen LogP contribution in [-0.4, -0.2) is 50.7 Å². The number of aromatic nitrogens is 4. The predicted molar refractivity (Wildman–Crippen MR) is 153 cm³/mol. The summed E-state index contributed by atoms with van der Waals surface area (Å²) in [6, 6.07) is 13.8. The number of imide groups is 1. The number of hydrogen-bond acceptors (Lipinski definition) is 9. The van der Waals surface area contributed by atoms with E-state index >= 15 is 0 Å². The average molecular weight is 574 g/mol. The minimum atomic E-state index is -0.884. The highest BCUT2D eigenvalue weighted by Crippen LogP contribution is 2.28. The number of thioether (sulfide) groups is 1. The van der Waals surface area contributed by atoms with Gasteiger partial charge in [-0.25, -0.2) is 15.0 Å². The standard InChI is InChI=1S/C29H25F2N7O2S/c30-24-12-19(13-25(31)36-24)26-20(11-18-3-1-2-4-22(18)35-26)16-32-15-17-6-9-38(10-7-17)28-33-8-5-21(34-28)14-23-27(39)37-29(40)41-23/h1-5,8,11-14,17,32H,6-7,9-10,15-16H2,(H,37,39,40)/b23-14-. The van der Waals surface area contributed by atoms with Crippen LogP contribution in [0.1, 0.15) is 24.1 Å². The largest absolute Gasteiger partial charge is 0.341 e. The Morgan fingerprint density at radius 1 is 1.02 bits per heavy atom. The Balaban J connectivity index is 1.09. The maximum absolute atomic E-state index is 13.9. The second kappa shape index (κ2) is 11.7. The zero-order valence-corrected chi connectivity index (χ0v) is 22.6. The molecule has 0 aliphatic carbocycles. The van der Waals surface area contributed by atoms with Gasteiger partial charge in [0.2, 0.25) is 17.8 Å². The lowest BCUT2D eigenvalue weighted by Crippen LogP contribution is -2.38. The maximum Gasteiger partial charge on any atom is 0.290 e. The Kier molecular flexibility index (Phi) is 7.66. The van der Waals surface area contributed by atoms with Crippen molar-refractivity contribution in [2.45, 2.75) is 19.4 Å². The van der Waals surface area contributed by atoms with E-state index in [0.717, 1.165) is 60.7 Å². The number of nitrogens with one attached hydrogen (secondary N) is 2. The van der Waals surface area contributed by atoms with Gasteiger partial charge in [0, 0.05) is 48.9 Å². The Hall–Kier alpha value is -4.29. The Morgan fingerprint density at radius 3 is 2.56 bits per heavy atom. The zero-order valence-electron chi connectivity index (χ0n) is 21.8. The van der Waals surface area contributed by atoms with Crippen molar-refractivity contribution in [3.63, 3.8) is 0 Å². The van der Waals surface area contributed by atoms with Gasteiger partial charge in [-0.2, -0.15) is 13.8 Å². The third kappa shape index (κ3) is 6.23. The van der Waals surface area contributed by atoms with Crippen molar-refractivity contribution in [3.05, 3.63) is 82.8 Å². The van der Waals surface area contributed by atoms with Crippen LogP contribution in [0.4, 0.5) is 19.5 Å². The summed E-state index contributed by atoms with van der Waals surface area (Å²) in [5, 5.41) is 6.32. The lowest BCUT2D eigenvalue weighted by molar-refractivity contribution is -0.115. The van der Waals surface area contributed by atoms with E-state index in [1.165, 1.54) is 12.1 Å². The van der Waals surface area contributed by atoms with Crippen molar-refractivity contribution in [1.82, 2.24) is 30.6 Å². The van der Waals surface area contributed by atoms with Crippen molar-refractivity contribution in [2.24, 2.45) is 5.92 Å². The summed E-state index contributed by atoms with van der Waals surface area (Å²) >= 11 is 0.858. The maximum atomic E-state index is 13.9. The second-order valence-corrected chi connectivity index (χ2v) is 10.9. The van der Waals surface area contributed by atoms with Crippen molar-refractivity contribution >= 4 is 45.8 Å². The van der Waals surface area contributed by atoms with Crippen molar-refractivity contribution < 1.29 is 18.4 Å². The molecule has 1 aromatic carbocycles. The summed E-state index contributed by atoms with van der Waals surface area (Å²) in [4.78, 5) is 42.6. The molecule has 3 aromatic heterocycles. The SMILES string of the molecule is O=C1NC(=O)/C(=C/c2ccnc(N3CCC(CNCc4cc5ccccc5nc4-c4cc(F)nc(F)c4)CC3)n2)S1. The number of rotatable bonds is 7. The van der Waals surface area contributed by atoms with E-state index in [-0.39, 0.29) is 5.24 Å². The monoisotopic (exact) mass is 573 g/mol. The van der Waals surface area contributed by atoms with Gasteiger partial charge < -0.3 is 10.2 Å². The molecule has 2 N–H and O–H groups in total. The highest BCUT2D eigenvalue weighted by Gasteiger charge is 2.26. The van der Waals surface area contributed by atoms with Gasteiger partial charge in [-0.3, -0.25) is 14.9 Å². The first-order valence-corrected chi connectivity index (χ1v) is 14.0. The number of pyridine rings is 2. The number of benzene rings is 1. The summed E-state index contributed by atoms with van der Waals surface area (Å²) < 4.78 is 27.8. The van der Waals surface area contributed by atoms with Crippen LogP contribution in [0.3, 0.4) is 0 Å². The van der Waals surface area contributed by atoms with Crippen LogP contribution >= 0.6 is 11.8 Å². The predicted octanol–water partition coefficient (Wildman–Crippen LogP) is 4.70. The topological polar surface area (TPSA) is 113 Å². The molecule has 208 valence electrons. The van der Waals surface area contributed by atoms with Crippen LogP contribution in [0.25, 0.3) is 28.2 Å². The molecule has 2 fully saturated rings. The molecular weight excluding hydrogens is 548 g/mol. The molecule has 41 heavy (non-hydrogen) atoms. The van der Waals surface area contributed by atoms with E-state index in [1.807, 2.05) is 30.3 Å². The highest BCUT2D eigenvalue weighted by atomic mass is 32.2. The van der Waals surface area contributed by atoms with Gasteiger partial charge in [-0.1, -0.05) is 18.2 Å². The number of fused-ring (bicyclic) bond motifs is 1. The molecular formula is C29H25F2N7O2S. The van der Waals surface area contributed by atoms with Gasteiger partial charge in [0.25, 0.3) is 11.1 Å². The van der Waals surface area contributed by atoms with Gasteiger partial charge in [-0.15, -0.1) is 0 Å². The van der Waals surface area contributed by atoms with Gasteiger partial charge >= 0.3 is 0 Å². The molecule has 5 heterocycles. The lowest BCUT2D eigenvalue weighted by atomic mass is 9.96. The van der Waals surface area contributed by atoms with Crippen LogP contribution in [0.2, 0.25) is 0 Å². The molecule has 6 rings (SSSR count). The van der Waals surface area contributed by atoms with Gasteiger partial charge in [0.05, 0.1) is 21.8 Å². The first-order valence-electron chi connectivity index (χ1n) is 13.2. The Bertz CT molecular complexity index is 1650. The number of carbonyl (C=O) groups excluding carboxylic acids is 2. The van der Waals surface area contributed by atoms with Crippen molar-refractivity contribution in [1.29, 1.82) is 0 Å². The van der Waals surface area contributed by atoms with Crippen LogP contribution in [0, 0.1) is 17.8 Å². The molecule has 2 aliphatic rings. The van der Waals surface area contributed by atoms with E-state index in [4.69, 9.17) is 4.98 Å². The number of amides is 2. The fourth-order valence-electron chi connectivity index (χ4n) is 5.04. The minimum Gasteiger partial charge on any atom is -0.341 e. The van der Waals surface area contributed by atoms with Crippen LogP contribution < -0.4 is 15.5 Å². The first kappa shape index (κ1) is 26.9. The first-order chi connectivity index (χ1) is 19.9. The highest BCUT2D eigenvalue weighted by molar-refractivity contribution is 8.18. The minimum absolute atomic E-state index is 0.313. The van der Waals surface area contributed by atoms with Crippen LogP contribution in [0.5, 0.6) is 0 Å². The molecule has 2 saturated heterocycles. The van der Waals surface area contributed by atoms with E-state index < -0.39 is 17.8 Å². The third-order valence-corrected chi connectivity index (χ3v) is 7.88. The Labute approximate surface area is 238 Å². The molecule has 0 saturated carbocycles. The lowest BCUT2D eigenvalue weighted by Gasteiger charge is -2.32. The molecule has 0 bridgehead atoms. The number of nitrogens with zero attached hydrogens (tertiary/aromatic N) is 5. The molecule has 0 unspecified atom stereocenters. The summed E-state index contributed by atoms with van der Waals surface area (Å²) in [5.41, 5.74) is 3.04. The van der Waals surface area contributed by atoms with Gasteiger partial charge in [0.15, 0.2) is 0 Å². The molecule has 0 spiro atoms. The number of hydrogen-bond donors (Lipinski definition) is 2. The summed E-state index contributed by atoms with van der Waals surface area (Å²) in [6.07, 6.45) is 5.10. The summed E-state index contributed by atoms with van der Waals surface area (Å²) in [6.45, 7) is 2.82. The second-order valence-electron chi connectivity index (χ2n) is 9.89. The number of piperidine rings is 1. The molecule has 2 aliphatic heterocycles. The van der Waals surface area contributed by atoms with E-state index in [0.29, 0.717) is 40.3 Å². The van der Waals surface area contributed by atoms with Crippen LogP contribution in [0.15, 0.2) is 59.6 Å². The zero-order chi connectivity index (χ0) is 28.3. The summed E-state index contributed by atoms with van der Waals surface area (Å²) in [5.74, 6) is -1.17. The number of anilines is 1. The molecule has 4 aromatic rings. The third-order valence-electron chi connectivity index (χ3n) is 7.07. The summed E-state index contributed by atoms with van der Waals surface area (Å²) in [7, 11) is 0. The quantitative estimate of drug-likeness (QED) is 0.240. The van der Waals surface area contributed by atoms with Gasteiger partial charge in [0.1, 0.15) is 0 Å². The van der Waals surface area contributed by atoms with Gasteiger partial charge in [-0.05, 0) is 66.9 Å². The Morgan fingerprint density at radius 2 is 1.80 bits per heavy atom. The number of carbonyl (C=O) groups is 2. The fourth-order valence-corrected chi connectivity index (χ4v) is 5.71. The normalized spacial score (nSPS) is 17.0. The van der Waals surface area contributed by atoms with Crippen LogP contribution in [-0.2, 0) is 11.3 Å². The number of halogens is 2. The fraction of sp³-hybridized carbons (Fsp3) is 0.241. The van der Waals surface area contributed by atoms with Crippen molar-refractivity contribution in [3.8, 4) is 11.3 Å². The molecule has 0 radical (unpaired) electrons. The average Bonchev–Trinajstić information content (AvgIpc) is 3.28. The molecule has 12 heteroatoms. The smallest absolute Gasteiger partial charge is 0.290 e. The van der Waals surface area contributed by atoms with E-state index in [1.54, 1.807) is 18.3 Å². The molecule has 2 amide bonds. The molecule has 0 atom stereocenters.